The second kappa shape index (κ2) is 7.07. The fourth-order valence-corrected chi connectivity index (χ4v) is 1.73. The smallest absolute Gasteiger partial charge is 0.225 e. The van der Waals surface area contributed by atoms with E-state index in [0.29, 0.717) is 6.42 Å². The number of rotatable bonds is 6. The van der Waals surface area contributed by atoms with E-state index in [1.54, 1.807) is 0 Å². The van der Waals surface area contributed by atoms with Gasteiger partial charge in [0.05, 0.1) is 0 Å². The predicted molar refractivity (Wildman–Crippen MR) is 72.2 cm³/mol. The number of hydrogen-bond acceptors (Lipinski definition) is 2. The molecule has 1 atom stereocenters. The van der Waals surface area contributed by atoms with Gasteiger partial charge < -0.3 is 10.6 Å². The number of amides is 1. The zero-order valence-electron chi connectivity index (χ0n) is 10.9. The Morgan fingerprint density at radius 3 is 2.41 bits per heavy atom. The van der Waals surface area contributed by atoms with E-state index >= 15 is 0 Å². The highest BCUT2D eigenvalue weighted by molar-refractivity contribution is 5.91. The van der Waals surface area contributed by atoms with E-state index in [0.717, 1.165) is 18.7 Å². The third-order valence-corrected chi connectivity index (χ3v) is 2.69. The molecule has 17 heavy (non-hydrogen) atoms. The maximum absolute atomic E-state index is 11.7. The van der Waals surface area contributed by atoms with Crippen LogP contribution in [0.15, 0.2) is 24.3 Å². The minimum atomic E-state index is 0.0581. The van der Waals surface area contributed by atoms with Crippen LogP contribution in [-0.2, 0) is 11.2 Å². The van der Waals surface area contributed by atoms with E-state index < -0.39 is 0 Å². The molecule has 1 aromatic rings. The van der Waals surface area contributed by atoms with Gasteiger partial charge in [0.1, 0.15) is 0 Å². The second-order valence-corrected chi connectivity index (χ2v) is 4.26. The van der Waals surface area contributed by atoms with Crippen molar-refractivity contribution in [3.8, 4) is 0 Å². The first kappa shape index (κ1) is 13.7. The van der Waals surface area contributed by atoms with E-state index in [9.17, 15) is 4.79 Å². The third-order valence-electron chi connectivity index (χ3n) is 2.69. The molecule has 1 aromatic carbocycles. The van der Waals surface area contributed by atoms with Crippen molar-refractivity contribution in [1.82, 2.24) is 5.32 Å². The minimum Gasteiger partial charge on any atom is -0.326 e. The largest absolute Gasteiger partial charge is 0.326 e. The van der Waals surface area contributed by atoms with Crippen LogP contribution in [0, 0.1) is 0 Å². The van der Waals surface area contributed by atoms with Gasteiger partial charge in [0.2, 0.25) is 5.91 Å². The Morgan fingerprint density at radius 2 is 1.88 bits per heavy atom. The fourth-order valence-electron chi connectivity index (χ4n) is 1.73. The van der Waals surface area contributed by atoms with Gasteiger partial charge in [0.15, 0.2) is 0 Å². The molecule has 0 fully saturated rings. The maximum atomic E-state index is 11.7. The van der Waals surface area contributed by atoms with Gasteiger partial charge in [-0.05, 0) is 37.6 Å². The van der Waals surface area contributed by atoms with Gasteiger partial charge in [-0.25, -0.2) is 0 Å². The lowest BCUT2D eigenvalue weighted by Crippen LogP contribution is -2.30. The van der Waals surface area contributed by atoms with Crippen LogP contribution in [0.4, 0.5) is 5.69 Å². The summed E-state index contributed by atoms with van der Waals surface area (Å²) in [4.78, 5) is 11.7. The van der Waals surface area contributed by atoms with E-state index in [1.807, 2.05) is 38.1 Å². The molecule has 1 unspecified atom stereocenters. The van der Waals surface area contributed by atoms with Crippen molar-refractivity contribution in [2.75, 3.05) is 11.9 Å². The van der Waals surface area contributed by atoms with Crippen LogP contribution in [0.5, 0.6) is 0 Å². The van der Waals surface area contributed by atoms with Crippen molar-refractivity contribution in [3.63, 3.8) is 0 Å². The quantitative estimate of drug-likeness (QED) is 0.794. The van der Waals surface area contributed by atoms with Crippen LogP contribution in [0.3, 0.4) is 0 Å². The van der Waals surface area contributed by atoms with Crippen LogP contribution < -0.4 is 10.6 Å². The Balaban J connectivity index is 2.44. The zero-order valence-corrected chi connectivity index (χ0v) is 10.9. The van der Waals surface area contributed by atoms with Gasteiger partial charge in [-0.2, -0.15) is 0 Å². The summed E-state index contributed by atoms with van der Waals surface area (Å²) in [6.07, 6.45) is 1.52. The summed E-state index contributed by atoms with van der Waals surface area (Å²) >= 11 is 0. The maximum Gasteiger partial charge on any atom is 0.225 e. The van der Waals surface area contributed by atoms with E-state index in [2.05, 4.69) is 17.6 Å². The van der Waals surface area contributed by atoms with Gasteiger partial charge in [-0.3, -0.25) is 4.79 Å². The summed E-state index contributed by atoms with van der Waals surface area (Å²) in [5, 5.41) is 6.12. The van der Waals surface area contributed by atoms with Gasteiger partial charge >= 0.3 is 0 Å². The van der Waals surface area contributed by atoms with Gasteiger partial charge in [-0.1, -0.05) is 26.0 Å². The summed E-state index contributed by atoms with van der Waals surface area (Å²) in [6.45, 7) is 7.06. The van der Waals surface area contributed by atoms with Gasteiger partial charge in [0, 0.05) is 18.2 Å². The Bertz CT molecular complexity index is 346. The molecule has 0 saturated heterocycles. The van der Waals surface area contributed by atoms with Crippen LogP contribution in [0.25, 0.3) is 0 Å². The summed E-state index contributed by atoms with van der Waals surface area (Å²) < 4.78 is 0. The summed E-state index contributed by atoms with van der Waals surface area (Å²) in [5.74, 6) is 0.0581. The molecule has 2 N–H and O–H groups in total. The lowest BCUT2D eigenvalue weighted by Gasteiger charge is -2.12. The topological polar surface area (TPSA) is 41.1 Å². The first-order valence-corrected chi connectivity index (χ1v) is 6.27. The molecule has 1 amide bonds. The third kappa shape index (κ3) is 5.00. The van der Waals surface area contributed by atoms with Gasteiger partial charge in [-0.15, -0.1) is 0 Å². The summed E-state index contributed by atoms with van der Waals surface area (Å²) in [5.41, 5.74) is 2.15. The lowest BCUT2D eigenvalue weighted by atomic mass is 10.1. The standard InChI is InChI=1S/C14H22N2O/c1-4-12-6-8-13(9-7-12)16-14(17)10-11(3)15-5-2/h6-9,11,15H,4-5,10H2,1-3H3,(H,16,17). The number of aryl methyl sites for hydroxylation is 1. The molecule has 1 rings (SSSR count). The SMILES string of the molecule is CCNC(C)CC(=O)Nc1ccc(CC)cc1. The number of hydrogen-bond donors (Lipinski definition) is 2. The van der Waals surface area contributed by atoms with E-state index in [-0.39, 0.29) is 11.9 Å². The Labute approximate surface area is 104 Å². The van der Waals surface area contributed by atoms with Crippen LogP contribution >= 0.6 is 0 Å². The molecule has 0 aromatic heterocycles. The molecule has 0 aliphatic rings. The molecule has 0 aliphatic carbocycles. The molecule has 0 aliphatic heterocycles. The first-order valence-electron chi connectivity index (χ1n) is 6.27. The lowest BCUT2D eigenvalue weighted by molar-refractivity contribution is -0.116. The highest BCUT2D eigenvalue weighted by Gasteiger charge is 2.07. The van der Waals surface area contributed by atoms with Crippen molar-refractivity contribution >= 4 is 11.6 Å². The molecule has 0 spiro atoms. The molecule has 94 valence electrons. The number of carbonyl (C=O) groups is 1. The average Bonchev–Trinajstić information content (AvgIpc) is 2.30. The van der Waals surface area contributed by atoms with Gasteiger partial charge in [0.25, 0.3) is 0 Å². The molecule has 0 bridgehead atoms. The highest BCUT2D eigenvalue weighted by Crippen LogP contribution is 2.10. The number of carbonyl (C=O) groups excluding carboxylic acids is 1. The van der Waals surface area contributed by atoms with Crippen molar-refractivity contribution in [3.05, 3.63) is 29.8 Å². The minimum absolute atomic E-state index is 0.0581. The molecule has 3 heteroatoms. The second-order valence-electron chi connectivity index (χ2n) is 4.26. The Kier molecular flexibility index (Phi) is 5.70. The van der Waals surface area contributed by atoms with Crippen LogP contribution in [-0.4, -0.2) is 18.5 Å². The van der Waals surface area contributed by atoms with E-state index in [4.69, 9.17) is 0 Å². The molecular formula is C14H22N2O. The summed E-state index contributed by atoms with van der Waals surface area (Å²) in [6, 6.07) is 8.21. The molecule has 0 heterocycles. The van der Waals surface area contributed by atoms with Crippen LogP contribution in [0.1, 0.15) is 32.8 Å². The van der Waals surface area contributed by atoms with Crippen LogP contribution in [0.2, 0.25) is 0 Å². The Morgan fingerprint density at radius 1 is 1.24 bits per heavy atom. The predicted octanol–water partition coefficient (Wildman–Crippen LogP) is 2.58. The summed E-state index contributed by atoms with van der Waals surface area (Å²) in [7, 11) is 0. The van der Waals surface area contributed by atoms with Crippen molar-refractivity contribution in [1.29, 1.82) is 0 Å². The van der Waals surface area contributed by atoms with Crippen molar-refractivity contribution in [2.24, 2.45) is 0 Å². The number of benzene rings is 1. The monoisotopic (exact) mass is 234 g/mol. The highest BCUT2D eigenvalue weighted by atomic mass is 16.1. The first-order chi connectivity index (χ1) is 8.15. The Hall–Kier alpha value is -1.35. The molecule has 0 saturated carbocycles. The normalized spacial score (nSPS) is 12.2. The molecule has 3 nitrogen and oxygen atoms in total. The van der Waals surface area contributed by atoms with Crippen molar-refractivity contribution < 1.29 is 4.79 Å². The van der Waals surface area contributed by atoms with E-state index in [1.165, 1.54) is 5.56 Å². The molecule has 0 radical (unpaired) electrons. The molecular weight excluding hydrogens is 212 g/mol. The number of nitrogens with one attached hydrogen (secondary N) is 2. The number of anilines is 1. The fraction of sp³-hybridized carbons (Fsp3) is 0.500. The zero-order chi connectivity index (χ0) is 12.7. The average molecular weight is 234 g/mol. The van der Waals surface area contributed by atoms with Crippen molar-refractivity contribution in [2.45, 2.75) is 39.7 Å².